The normalized spacial score (nSPS) is 11.7. The molecule has 3 aromatic carbocycles. The lowest BCUT2D eigenvalue weighted by molar-refractivity contribution is -0.135. The van der Waals surface area contributed by atoms with E-state index >= 15 is 0 Å². The van der Waals surface area contributed by atoms with Crippen LogP contribution in [0.3, 0.4) is 0 Å². The fraction of sp³-hybridized carbons (Fsp3) is 0.207. The minimum atomic E-state index is -0.725. The summed E-state index contributed by atoms with van der Waals surface area (Å²) < 4.78 is 1.30. The van der Waals surface area contributed by atoms with E-state index in [1.807, 2.05) is 84.6 Å². The lowest BCUT2D eigenvalue weighted by Crippen LogP contribution is -2.40. The van der Waals surface area contributed by atoms with E-state index < -0.39 is 6.04 Å². The van der Waals surface area contributed by atoms with Gasteiger partial charge < -0.3 is 4.90 Å². The predicted octanol–water partition coefficient (Wildman–Crippen LogP) is 5.05. The van der Waals surface area contributed by atoms with Crippen molar-refractivity contribution >= 4 is 5.91 Å². The monoisotopic (exact) mass is 451 g/mol. The molecule has 0 bridgehead atoms. The van der Waals surface area contributed by atoms with Crippen molar-refractivity contribution in [2.24, 2.45) is 0 Å². The molecule has 0 aliphatic rings. The van der Waals surface area contributed by atoms with Crippen molar-refractivity contribution in [1.29, 1.82) is 0 Å². The van der Waals surface area contributed by atoms with E-state index in [4.69, 9.17) is 0 Å². The second-order valence-corrected chi connectivity index (χ2v) is 8.52. The molecule has 1 heterocycles. The van der Waals surface area contributed by atoms with Crippen molar-refractivity contribution in [3.8, 4) is 11.3 Å². The van der Waals surface area contributed by atoms with Crippen LogP contribution in [0.4, 0.5) is 0 Å². The van der Waals surface area contributed by atoms with Crippen molar-refractivity contribution in [3.63, 3.8) is 0 Å². The van der Waals surface area contributed by atoms with Crippen molar-refractivity contribution in [2.45, 2.75) is 32.9 Å². The molecule has 1 atom stereocenters. The molecule has 0 N–H and O–H groups in total. The summed E-state index contributed by atoms with van der Waals surface area (Å²) in [5.74, 6) is -0.129. The number of aromatic nitrogens is 2. The van der Waals surface area contributed by atoms with E-state index in [1.165, 1.54) is 10.7 Å². The Bertz CT molecular complexity index is 1280. The van der Waals surface area contributed by atoms with Gasteiger partial charge >= 0.3 is 0 Å². The summed E-state index contributed by atoms with van der Waals surface area (Å²) in [6, 6.07) is 30.4. The van der Waals surface area contributed by atoms with Gasteiger partial charge in [0.1, 0.15) is 6.04 Å². The molecule has 172 valence electrons. The molecule has 0 aliphatic carbocycles. The van der Waals surface area contributed by atoms with Crippen LogP contribution in [0.5, 0.6) is 0 Å². The van der Waals surface area contributed by atoms with Gasteiger partial charge in [-0.2, -0.15) is 5.10 Å². The van der Waals surface area contributed by atoms with Gasteiger partial charge in [0, 0.05) is 24.7 Å². The second-order valence-electron chi connectivity index (χ2n) is 8.52. The first-order chi connectivity index (χ1) is 16.5. The zero-order valence-corrected chi connectivity index (χ0v) is 19.6. The number of amides is 1. The molecule has 0 radical (unpaired) electrons. The molecule has 0 saturated carbocycles. The first-order valence-electron chi connectivity index (χ1n) is 11.5. The van der Waals surface area contributed by atoms with Crippen molar-refractivity contribution in [2.75, 3.05) is 6.54 Å². The Morgan fingerprint density at radius 1 is 0.853 bits per heavy atom. The molecular weight excluding hydrogens is 422 g/mol. The molecule has 4 rings (SSSR count). The van der Waals surface area contributed by atoms with Crippen LogP contribution in [0.15, 0.2) is 102 Å². The van der Waals surface area contributed by atoms with Gasteiger partial charge in [0.15, 0.2) is 0 Å². The van der Waals surface area contributed by atoms with Crippen LogP contribution < -0.4 is 5.56 Å². The minimum Gasteiger partial charge on any atom is -0.336 e. The molecule has 1 amide bonds. The molecule has 1 aromatic heterocycles. The second kappa shape index (κ2) is 10.8. The Morgan fingerprint density at radius 2 is 1.47 bits per heavy atom. The van der Waals surface area contributed by atoms with E-state index in [0.717, 1.165) is 28.7 Å². The third kappa shape index (κ3) is 5.67. The zero-order chi connectivity index (χ0) is 23.9. The number of hydrogen-bond acceptors (Lipinski definition) is 3. The third-order valence-corrected chi connectivity index (χ3v) is 5.94. The van der Waals surface area contributed by atoms with E-state index in [0.29, 0.717) is 18.8 Å². The smallest absolute Gasteiger partial charge is 0.267 e. The Morgan fingerprint density at radius 3 is 2.12 bits per heavy atom. The van der Waals surface area contributed by atoms with Crippen LogP contribution in [0.1, 0.15) is 29.7 Å². The molecule has 5 nitrogen and oxygen atoms in total. The maximum Gasteiger partial charge on any atom is 0.267 e. The first-order valence-corrected chi connectivity index (χ1v) is 11.5. The maximum atomic E-state index is 13.6. The lowest BCUT2D eigenvalue weighted by atomic mass is 10.1. The van der Waals surface area contributed by atoms with E-state index in [2.05, 4.69) is 17.2 Å². The Hall–Kier alpha value is -3.99. The van der Waals surface area contributed by atoms with Crippen LogP contribution in [0.25, 0.3) is 11.3 Å². The highest BCUT2D eigenvalue weighted by molar-refractivity contribution is 5.80. The van der Waals surface area contributed by atoms with Crippen molar-refractivity contribution < 1.29 is 4.79 Å². The minimum absolute atomic E-state index is 0.129. The van der Waals surface area contributed by atoms with E-state index in [9.17, 15) is 9.59 Å². The van der Waals surface area contributed by atoms with E-state index in [-0.39, 0.29) is 11.5 Å². The number of carbonyl (C=O) groups excluding carboxylic acids is 1. The van der Waals surface area contributed by atoms with Gasteiger partial charge in [-0.15, -0.1) is 0 Å². The topological polar surface area (TPSA) is 55.2 Å². The molecule has 0 saturated heterocycles. The Balaban J connectivity index is 1.60. The number of aryl methyl sites for hydroxylation is 1. The van der Waals surface area contributed by atoms with Crippen LogP contribution in [0, 0.1) is 6.92 Å². The van der Waals surface area contributed by atoms with Gasteiger partial charge in [-0.25, -0.2) is 4.68 Å². The van der Waals surface area contributed by atoms with Gasteiger partial charge in [0.25, 0.3) is 5.56 Å². The van der Waals surface area contributed by atoms with Crippen LogP contribution in [-0.2, 0) is 17.8 Å². The van der Waals surface area contributed by atoms with Crippen molar-refractivity contribution in [3.05, 3.63) is 124 Å². The number of benzene rings is 3. The number of nitrogens with zero attached hydrogens (tertiary/aromatic N) is 3. The summed E-state index contributed by atoms with van der Waals surface area (Å²) in [5, 5.41) is 4.56. The Kier molecular flexibility index (Phi) is 7.33. The number of carbonyl (C=O) groups is 1. The van der Waals surface area contributed by atoms with Gasteiger partial charge in [-0.05, 0) is 37.5 Å². The third-order valence-electron chi connectivity index (χ3n) is 5.94. The summed E-state index contributed by atoms with van der Waals surface area (Å²) in [6.07, 6.45) is 0.734. The van der Waals surface area contributed by atoms with Gasteiger partial charge in [-0.3, -0.25) is 9.59 Å². The molecule has 34 heavy (non-hydrogen) atoms. The van der Waals surface area contributed by atoms with Crippen LogP contribution in [0.2, 0.25) is 0 Å². The lowest BCUT2D eigenvalue weighted by Gasteiger charge is -2.26. The predicted molar refractivity (Wildman–Crippen MR) is 135 cm³/mol. The van der Waals surface area contributed by atoms with Gasteiger partial charge in [0.05, 0.1) is 5.69 Å². The highest BCUT2D eigenvalue weighted by Gasteiger charge is 2.24. The average Bonchev–Trinajstić information content (AvgIpc) is 2.88. The molecule has 0 fully saturated rings. The molecule has 5 heteroatoms. The molecule has 0 aliphatic heterocycles. The largest absolute Gasteiger partial charge is 0.336 e. The number of hydrogen-bond donors (Lipinski definition) is 0. The van der Waals surface area contributed by atoms with Gasteiger partial charge in [-0.1, -0.05) is 90.5 Å². The first kappa shape index (κ1) is 23.2. The highest BCUT2D eigenvalue weighted by Crippen LogP contribution is 2.18. The molecule has 1 unspecified atom stereocenters. The Labute approximate surface area is 200 Å². The molecular formula is C29H29N3O2. The van der Waals surface area contributed by atoms with Crippen LogP contribution >= 0.6 is 0 Å². The quantitative estimate of drug-likeness (QED) is 0.377. The zero-order valence-electron chi connectivity index (χ0n) is 19.6. The summed E-state index contributed by atoms with van der Waals surface area (Å²) in [6.45, 7) is 4.80. The highest BCUT2D eigenvalue weighted by atomic mass is 16.2. The fourth-order valence-corrected chi connectivity index (χ4v) is 3.93. The van der Waals surface area contributed by atoms with Crippen LogP contribution in [-0.4, -0.2) is 27.1 Å². The molecule has 0 spiro atoms. The average molecular weight is 452 g/mol. The standard InChI is InChI=1S/C29H29N3O2/c1-22-13-15-26(16-14-22)27-17-18-28(33)32(30-27)23(2)29(34)31(21-25-11-7-4-8-12-25)20-19-24-9-5-3-6-10-24/h3-18,23H,19-21H2,1-2H3. The fourth-order valence-electron chi connectivity index (χ4n) is 3.93. The van der Waals surface area contributed by atoms with E-state index in [1.54, 1.807) is 13.0 Å². The maximum absolute atomic E-state index is 13.6. The molecule has 4 aromatic rings. The van der Waals surface area contributed by atoms with Gasteiger partial charge in [0.2, 0.25) is 5.91 Å². The summed E-state index contributed by atoms with van der Waals surface area (Å²) in [4.78, 5) is 28.2. The SMILES string of the molecule is Cc1ccc(-c2ccc(=O)n(C(C)C(=O)N(CCc3ccccc3)Cc3ccccc3)n2)cc1. The summed E-state index contributed by atoms with van der Waals surface area (Å²) in [7, 11) is 0. The number of rotatable bonds is 8. The summed E-state index contributed by atoms with van der Waals surface area (Å²) in [5.41, 5.74) is 4.64. The van der Waals surface area contributed by atoms with Crippen molar-refractivity contribution in [1.82, 2.24) is 14.7 Å². The summed E-state index contributed by atoms with van der Waals surface area (Å²) >= 11 is 0.